The summed E-state index contributed by atoms with van der Waals surface area (Å²) in [7, 11) is 3.48. The van der Waals surface area contributed by atoms with Crippen LogP contribution in [0, 0.1) is 0 Å². The van der Waals surface area contributed by atoms with Crippen molar-refractivity contribution in [2.45, 2.75) is 31.3 Å². The van der Waals surface area contributed by atoms with Crippen LogP contribution in [0.15, 0.2) is 48.5 Å². The molecule has 5 rings (SSSR count). The zero-order valence-corrected chi connectivity index (χ0v) is 18.6. The molecule has 166 valence electrons. The van der Waals surface area contributed by atoms with E-state index in [0.717, 1.165) is 33.5 Å². The number of aromatic amines is 1. The molecule has 3 aromatic rings. The third kappa shape index (κ3) is 2.77. The number of amides is 3. The van der Waals surface area contributed by atoms with Crippen LogP contribution in [0.3, 0.4) is 0 Å². The molecule has 1 fully saturated rings. The number of imide groups is 1. The SMILES string of the molecule is CCC12Cc3c([nH]c4ccc(OC)cc34)C(c3ccccc3)N1C(=O)N(CCNC)C2=O. The standard InChI is InChI=1S/C25H28N4O3/c1-4-25-15-19-18-14-17(32-3)10-11-20(18)27-21(19)22(16-8-6-5-7-9-16)29(25)24(31)28(23(25)30)13-12-26-2/h5-11,14,22,26-27H,4,12-13,15H2,1-3H3. The van der Waals surface area contributed by atoms with Crippen molar-refractivity contribution < 1.29 is 14.3 Å². The van der Waals surface area contributed by atoms with E-state index < -0.39 is 5.54 Å². The maximum absolute atomic E-state index is 13.8. The number of methoxy groups -OCH3 is 1. The van der Waals surface area contributed by atoms with Gasteiger partial charge in [0.05, 0.1) is 7.11 Å². The van der Waals surface area contributed by atoms with Gasteiger partial charge in [-0.15, -0.1) is 0 Å². The Bertz CT molecular complexity index is 1190. The minimum Gasteiger partial charge on any atom is -0.497 e. The van der Waals surface area contributed by atoms with Gasteiger partial charge in [-0.25, -0.2) is 4.79 Å². The number of hydrogen-bond donors (Lipinski definition) is 2. The Morgan fingerprint density at radius 1 is 1.19 bits per heavy atom. The lowest BCUT2D eigenvalue weighted by atomic mass is 9.78. The van der Waals surface area contributed by atoms with E-state index in [1.165, 1.54) is 4.90 Å². The molecule has 3 amide bonds. The Balaban J connectivity index is 1.76. The molecule has 0 bridgehead atoms. The van der Waals surface area contributed by atoms with Crippen LogP contribution in [-0.4, -0.2) is 59.5 Å². The monoisotopic (exact) mass is 432 g/mol. The normalized spacial score (nSPS) is 22.4. The van der Waals surface area contributed by atoms with Gasteiger partial charge in [-0.1, -0.05) is 37.3 Å². The fourth-order valence-electron chi connectivity index (χ4n) is 5.31. The van der Waals surface area contributed by atoms with Crippen molar-refractivity contribution in [2.24, 2.45) is 0 Å². The van der Waals surface area contributed by atoms with Crippen LogP contribution in [0.25, 0.3) is 10.9 Å². The third-order valence-electron chi connectivity index (χ3n) is 6.97. The first-order chi connectivity index (χ1) is 15.6. The minimum atomic E-state index is -0.906. The zero-order chi connectivity index (χ0) is 22.5. The summed E-state index contributed by atoms with van der Waals surface area (Å²) in [6.45, 7) is 2.92. The number of benzene rings is 2. The van der Waals surface area contributed by atoms with Gasteiger partial charge < -0.3 is 15.0 Å². The van der Waals surface area contributed by atoms with E-state index in [0.29, 0.717) is 25.9 Å². The number of ether oxygens (including phenoxy) is 1. The largest absolute Gasteiger partial charge is 0.497 e. The summed E-state index contributed by atoms with van der Waals surface area (Å²) in [6, 6.07) is 15.3. The van der Waals surface area contributed by atoms with Crippen molar-refractivity contribution in [1.29, 1.82) is 0 Å². The van der Waals surface area contributed by atoms with Gasteiger partial charge in [0.15, 0.2) is 0 Å². The molecule has 1 saturated heterocycles. The number of hydrogen-bond acceptors (Lipinski definition) is 4. The fraction of sp³-hybridized carbons (Fsp3) is 0.360. The van der Waals surface area contributed by atoms with Crippen LogP contribution >= 0.6 is 0 Å². The lowest BCUT2D eigenvalue weighted by Gasteiger charge is -2.44. The van der Waals surface area contributed by atoms with Gasteiger partial charge in [-0.05, 0) is 42.8 Å². The molecule has 2 aliphatic rings. The van der Waals surface area contributed by atoms with E-state index in [4.69, 9.17) is 4.74 Å². The summed E-state index contributed by atoms with van der Waals surface area (Å²) in [5.74, 6) is 0.664. The number of likely N-dealkylation sites (N-methyl/N-ethyl adjacent to an activating group) is 1. The van der Waals surface area contributed by atoms with E-state index >= 15 is 0 Å². The first-order valence-electron chi connectivity index (χ1n) is 11.1. The number of carbonyl (C=O) groups excluding carboxylic acids is 2. The number of rotatable bonds is 6. The van der Waals surface area contributed by atoms with E-state index in [1.807, 2.05) is 67.4 Å². The van der Waals surface area contributed by atoms with E-state index in [9.17, 15) is 9.59 Å². The predicted molar refractivity (Wildman–Crippen MR) is 123 cm³/mol. The Morgan fingerprint density at radius 2 is 1.97 bits per heavy atom. The van der Waals surface area contributed by atoms with Crippen molar-refractivity contribution in [1.82, 2.24) is 20.1 Å². The van der Waals surface area contributed by atoms with Crippen molar-refractivity contribution >= 4 is 22.8 Å². The number of urea groups is 1. The molecule has 3 heterocycles. The number of nitrogens with one attached hydrogen (secondary N) is 2. The molecule has 2 aliphatic heterocycles. The fourth-order valence-corrected chi connectivity index (χ4v) is 5.31. The highest BCUT2D eigenvalue weighted by molar-refractivity contribution is 6.08. The number of nitrogens with zero attached hydrogens (tertiary/aromatic N) is 2. The van der Waals surface area contributed by atoms with Gasteiger partial charge in [-0.2, -0.15) is 0 Å². The second kappa shape index (κ2) is 7.67. The van der Waals surface area contributed by atoms with E-state index in [-0.39, 0.29) is 18.0 Å². The summed E-state index contributed by atoms with van der Waals surface area (Å²) in [5, 5.41) is 4.10. The Labute approximate surface area is 187 Å². The van der Waals surface area contributed by atoms with Gasteiger partial charge in [0.25, 0.3) is 5.91 Å². The first kappa shape index (κ1) is 20.6. The third-order valence-corrected chi connectivity index (χ3v) is 6.97. The summed E-state index contributed by atoms with van der Waals surface area (Å²) < 4.78 is 5.47. The van der Waals surface area contributed by atoms with E-state index in [2.05, 4.69) is 10.3 Å². The van der Waals surface area contributed by atoms with Crippen molar-refractivity contribution in [3.63, 3.8) is 0 Å². The molecule has 32 heavy (non-hydrogen) atoms. The number of fused-ring (bicyclic) bond motifs is 4. The molecule has 0 saturated carbocycles. The highest BCUT2D eigenvalue weighted by Gasteiger charge is 2.61. The molecule has 0 aliphatic carbocycles. The lowest BCUT2D eigenvalue weighted by Crippen LogP contribution is -2.55. The quantitative estimate of drug-likeness (QED) is 0.585. The molecule has 0 spiro atoms. The Kier molecular flexibility index (Phi) is 4.93. The van der Waals surface area contributed by atoms with Gasteiger partial charge in [0, 0.05) is 36.1 Å². The summed E-state index contributed by atoms with van der Waals surface area (Å²) in [6.07, 6.45) is 1.03. The van der Waals surface area contributed by atoms with Gasteiger partial charge in [0.1, 0.15) is 17.3 Å². The molecular weight excluding hydrogens is 404 g/mol. The zero-order valence-electron chi connectivity index (χ0n) is 18.6. The summed E-state index contributed by atoms with van der Waals surface area (Å²) in [5.41, 5.74) is 3.12. The van der Waals surface area contributed by atoms with Gasteiger partial charge in [-0.3, -0.25) is 14.6 Å². The topological polar surface area (TPSA) is 77.7 Å². The van der Waals surface area contributed by atoms with Gasteiger partial charge in [0.2, 0.25) is 0 Å². The van der Waals surface area contributed by atoms with Crippen molar-refractivity contribution in [3.05, 3.63) is 65.4 Å². The Hall–Kier alpha value is -3.32. The Morgan fingerprint density at radius 3 is 2.66 bits per heavy atom. The lowest BCUT2D eigenvalue weighted by molar-refractivity contribution is -0.134. The van der Waals surface area contributed by atoms with Crippen LogP contribution in [0.4, 0.5) is 4.79 Å². The highest BCUT2D eigenvalue weighted by atomic mass is 16.5. The molecular formula is C25H28N4O3. The van der Waals surface area contributed by atoms with Crippen LogP contribution < -0.4 is 10.1 Å². The van der Waals surface area contributed by atoms with Gasteiger partial charge >= 0.3 is 6.03 Å². The summed E-state index contributed by atoms with van der Waals surface area (Å²) in [4.78, 5) is 34.3. The second-order valence-electron chi connectivity index (χ2n) is 8.52. The predicted octanol–water partition coefficient (Wildman–Crippen LogP) is 3.45. The molecule has 2 unspecified atom stereocenters. The van der Waals surface area contributed by atoms with Crippen molar-refractivity contribution in [3.8, 4) is 5.75 Å². The maximum atomic E-state index is 13.8. The number of carbonyl (C=O) groups is 2. The van der Waals surface area contributed by atoms with Crippen LogP contribution in [0.2, 0.25) is 0 Å². The maximum Gasteiger partial charge on any atom is 0.328 e. The smallest absolute Gasteiger partial charge is 0.328 e. The molecule has 2 N–H and O–H groups in total. The van der Waals surface area contributed by atoms with Crippen molar-refractivity contribution in [2.75, 3.05) is 27.2 Å². The minimum absolute atomic E-state index is 0.107. The molecule has 2 aromatic carbocycles. The summed E-state index contributed by atoms with van der Waals surface area (Å²) >= 11 is 0. The average Bonchev–Trinajstić information content (AvgIpc) is 3.29. The number of H-pyrrole nitrogens is 1. The molecule has 7 heteroatoms. The molecule has 2 atom stereocenters. The molecule has 7 nitrogen and oxygen atoms in total. The van der Waals surface area contributed by atoms with Crippen LogP contribution in [-0.2, 0) is 11.2 Å². The molecule has 1 aromatic heterocycles. The van der Waals surface area contributed by atoms with Crippen LogP contribution in [0.1, 0.15) is 36.2 Å². The average molecular weight is 433 g/mol. The highest BCUT2D eigenvalue weighted by Crippen LogP contribution is 2.50. The van der Waals surface area contributed by atoms with Crippen LogP contribution in [0.5, 0.6) is 5.75 Å². The molecule has 0 radical (unpaired) electrons. The van der Waals surface area contributed by atoms with E-state index in [1.54, 1.807) is 7.11 Å². The number of aromatic nitrogens is 1. The first-order valence-corrected chi connectivity index (χ1v) is 11.1. The second-order valence-corrected chi connectivity index (χ2v) is 8.52.